The summed E-state index contributed by atoms with van der Waals surface area (Å²) in [4.78, 5) is 25.3. The topological polar surface area (TPSA) is 122 Å². The van der Waals surface area contributed by atoms with Gasteiger partial charge in [-0.25, -0.2) is 13.4 Å². The van der Waals surface area contributed by atoms with Gasteiger partial charge in [0, 0.05) is 23.4 Å². The monoisotopic (exact) mass is 362 g/mol. The van der Waals surface area contributed by atoms with Gasteiger partial charge in [0.2, 0.25) is 10.0 Å². The van der Waals surface area contributed by atoms with Gasteiger partial charge in [-0.3, -0.25) is 14.9 Å². The maximum atomic E-state index is 12.7. The summed E-state index contributed by atoms with van der Waals surface area (Å²) >= 11 is 0. The molecule has 0 fully saturated rings. The molecule has 1 unspecified atom stereocenters. The number of hydrogen-bond acceptors (Lipinski definition) is 6. The Morgan fingerprint density at radius 3 is 2.60 bits per heavy atom. The molecule has 1 amide bonds. The minimum absolute atomic E-state index is 0.162. The molecule has 0 bridgehead atoms. The van der Waals surface area contributed by atoms with E-state index in [-0.39, 0.29) is 5.69 Å². The lowest BCUT2D eigenvalue weighted by atomic mass is 10.0. The van der Waals surface area contributed by atoms with Crippen LogP contribution in [-0.4, -0.2) is 30.5 Å². The van der Waals surface area contributed by atoms with Crippen molar-refractivity contribution in [2.75, 3.05) is 11.6 Å². The molecule has 2 aromatic rings. The van der Waals surface area contributed by atoms with Crippen LogP contribution in [0.3, 0.4) is 0 Å². The molecule has 25 heavy (non-hydrogen) atoms. The zero-order valence-electron chi connectivity index (χ0n) is 13.0. The molecule has 0 saturated carbocycles. The number of amides is 1. The second-order valence-electron chi connectivity index (χ2n) is 5.48. The first-order valence-electron chi connectivity index (χ1n) is 7.17. The van der Waals surface area contributed by atoms with Crippen molar-refractivity contribution in [3.8, 4) is 0 Å². The number of sulfonamides is 1. The third kappa shape index (κ3) is 3.44. The lowest BCUT2D eigenvalue weighted by Crippen LogP contribution is -2.52. The van der Waals surface area contributed by atoms with Crippen LogP contribution in [0.2, 0.25) is 0 Å². The summed E-state index contributed by atoms with van der Waals surface area (Å²) < 4.78 is 23.3. The van der Waals surface area contributed by atoms with Gasteiger partial charge in [-0.2, -0.15) is 0 Å². The van der Waals surface area contributed by atoms with E-state index in [9.17, 15) is 23.3 Å². The first-order chi connectivity index (χ1) is 11.8. The van der Waals surface area contributed by atoms with Crippen molar-refractivity contribution in [3.63, 3.8) is 0 Å². The van der Waals surface area contributed by atoms with Crippen molar-refractivity contribution in [1.29, 1.82) is 0 Å². The standard InChI is InChI=1S/C15H14N4O5S/c1-25(23,24)17-18-14(10-5-4-6-11(9-10)19(21)22)16-13-8-3-2-7-12(13)15(18)20/h2-9,14,16-17H,1H3. The Kier molecular flexibility index (Phi) is 4.15. The summed E-state index contributed by atoms with van der Waals surface area (Å²) in [5.74, 6) is -0.559. The van der Waals surface area contributed by atoms with E-state index in [1.807, 2.05) is 0 Å². The zero-order chi connectivity index (χ0) is 18.2. The fraction of sp³-hybridized carbons (Fsp3) is 0.133. The van der Waals surface area contributed by atoms with Gasteiger partial charge in [0.1, 0.15) is 6.17 Å². The van der Waals surface area contributed by atoms with Gasteiger partial charge in [-0.1, -0.05) is 24.3 Å². The molecule has 1 heterocycles. The number of nitrogens with zero attached hydrogens (tertiary/aromatic N) is 2. The number of carbonyl (C=O) groups is 1. The number of nitro groups is 1. The SMILES string of the molecule is CS(=O)(=O)NN1C(=O)c2ccccc2NC1c1cccc([N+](=O)[O-])c1. The van der Waals surface area contributed by atoms with E-state index in [4.69, 9.17) is 0 Å². The van der Waals surface area contributed by atoms with Gasteiger partial charge in [-0.05, 0) is 12.1 Å². The molecule has 9 nitrogen and oxygen atoms in total. The van der Waals surface area contributed by atoms with Crippen molar-refractivity contribution in [2.45, 2.75) is 6.17 Å². The average Bonchev–Trinajstić information content (AvgIpc) is 2.56. The number of nitro benzene ring substituents is 1. The summed E-state index contributed by atoms with van der Waals surface area (Å²) in [5.41, 5.74) is 1.01. The van der Waals surface area contributed by atoms with Crippen LogP contribution in [0.4, 0.5) is 11.4 Å². The van der Waals surface area contributed by atoms with E-state index in [1.54, 1.807) is 30.3 Å². The van der Waals surface area contributed by atoms with E-state index in [2.05, 4.69) is 10.1 Å². The molecular weight excluding hydrogens is 348 g/mol. The molecule has 1 aliphatic rings. The number of carbonyl (C=O) groups excluding carboxylic acids is 1. The smallest absolute Gasteiger partial charge is 0.273 e. The van der Waals surface area contributed by atoms with E-state index >= 15 is 0 Å². The second kappa shape index (κ2) is 6.15. The number of non-ortho nitro benzene ring substituents is 1. The van der Waals surface area contributed by atoms with E-state index in [0.717, 1.165) is 11.3 Å². The van der Waals surface area contributed by atoms with Crippen LogP contribution in [0.25, 0.3) is 0 Å². The molecule has 0 aliphatic carbocycles. The number of hydrogen-bond donors (Lipinski definition) is 2. The van der Waals surface area contributed by atoms with Crippen molar-refractivity contribution in [3.05, 3.63) is 69.8 Å². The molecule has 10 heteroatoms. The van der Waals surface area contributed by atoms with Gasteiger partial charge in [-0.15, -0.1) is 4.83 Å². The van der Waals surface area contributed by atoms with Gasteiger partial charge in [0.15, 0.2) is 0 Å². The highest BCUT2D eigenvalue weighted by Crippen LogP contribution is 2.33. The van der Waals surface area contributed by atoms with E-state index < -0.39 is 27.0 Å². The van der Waals surface area contributed by atoms with Gasteiger partial charge >= 0.3 is 0 Å². The molecule has 0 aromatic heterocycles. The van der Waals surface area contributed by atoms with Crippen LogP contribution in [-0.2, 0) is 10.0 Å². The number of nitrogens with one attached hydrogen (secondary N) is 2. The van der Waals surface area contributed by atoms with Crippen LogP contribution in [0.1, 0.15) is 22.1 Å². The Hall–Kier alpha value is -2.98. The predicted octanol–water partition coefficient (Wildman–Crippen LogP) is 1.63. The summed E-state index contributed by atoms with van der Waals surface area (Å²) in [5, 5.41) is 15.0. The maximum absolute atomic E-state index is 12.7. The first kappa shape index (κ1) is 16.9. The fourth-order valence-electron chi connectivity index (χ4n) is 2.57. The molecule has 130 valence electrons. The van der Waals surface area contributed by atoms with Crippen molar-refractivity contribution in [2.24, 2.45) is 0 Å². The molecule has 2 N–H and O–H groups in total. The van der Waals surface area contributed by atoms with E-state index in [1.165, 1.54) is 18.2 Å². The predicted molar refractivity (Wildman–Crippen MR) is 90.1 cm³/mol. The number of hydrazine groups is 1. The lowest BCUT2D eigenvalue weighted by Gasteiger charge is -2.37. The summed E-state index contributed by atoms with van der Waals surface area (Å²) in [6.07, 6.45) is -0.0114. The van der Waals surface area contributed by atoms with Gasteiger partial charge in [0.05, 0.1) is 16.7 Å². The Morgan fingerprint density at radius 1 is 1.20 bits per heavy atom. The van der Waals surface area contributed by atoms with Crippen LogP contribution in [0.15, 0.2) is 48.5 Å². The van der Waals surface area contributed by atoms with Gasteiger partial charge in [0.25, 0.3) is 11.6 Å². The highest BCUT2D eigenvalue weighted by molar-refractivity contribution is 7.88. The number of anilines is 1. The molecule has 0 saturated heterocycles. The maximum Gasteiger partial charge on any atom is 0.273 e. The van der Waals surface area contributed by atoms with Crippen molar-refractivity contribution >= 4 is 27.3 Å². The van der Waals surface area contributed by atoms with Crippen LogP contribution >= 0.6 is 0 Å². The van der Waals surface area contributed by atoms with Crippen molar-refractivity contribution in [1.82, 2.24) is 9.84 Å². The lowest BCUT2D eigenvalue weighted by molar-refractivity contribution is -0.384. The highest BCUT2D eigenvalue weighted by Gasteiger charge is 2.35. The van der Waals surface area contributed by atoms with Crippen molar-refractivity contribution < 1.29 is 18.1 Å². The first-order valence-corrected chi connectivity index (χ1v) is 9.06. The third-order valence-corrected chi connectivity index (χ3v) is 4.12. The van der Waals surface area contributed by atoms with E-state index in [0.29, 0.717) is 16.8 Å². The Bertz CT molecular complexity index is 960. The third-order valence-electron chi connectivity index (χ3n) is 3.59. The minimum atomic E-state index is -3.75. The molecule has 1 atom stereocenters. The fourth-order valence-corrected chi connectivity index (χ4v) is 3.11. The number of rotatable bonds is 4. The Labute approximate surface area is 143 Å². The Morgan fingerprint density at radius 2 is 1.92 bits per heavy atom. The number of para-hydroxylation sites is 1. The zero-order valence-corrected chi connectivity index (χ0v) is 13.9. The van der Waals surface area contributed by atoms with Crippen LogP contribution in [0, 0.1) is 10.1 Å². The summed E-state index contributed by atoms with van der Waals surface area (Å²) in [6.45, 7) is 0. The minimum Gasteiger partial charge on any atom is -0.360 e. The molecular formula is C15H14N4O5S. The Balaban J connectivity index is 2.10. The number of fused-ring (bicyclic) bond motifs is 1. The second-order valence-corrected chi connectivity index (χ2v) is 7.21. The molecule has 3 rings (SSSR count). The highest BCUT2D eigenvalue weighted by atomic mass is 32.2. The average molecular weight is 362 g/mol. The number of benzene rings is 2. The molecule has 1 aliphatic heterocycles. The molecule has 2 aromatic carbocycles. The summed E-state index contributed by atoms with van der Waals surface area (Å²) in [7, 11) is -3.75. The quantitative estimate of drug-likeness (QED) is 0.630. The van der Waals surface area contributed by atoms with Gasteiger partial charge < -0.3 is 5.32 Å². The van der Waals surface area contributed by atoms with Crippen LogP contribution < -0.4 is 10.1 Å². The molecule has 0 spiro atoms. The molecule has 0 radical (unpaired) electrons. The normalized spacial score (nSPS) is 16.9. The largest absolute Gasteiger partial charge is 0.360 e. The van der Waals surface area contributed by atoms with Crippen LogP contribution in [0.5, 0.6) is 0 Å². The summed E-state index contributed by atoms with van der Waals surface area (Å²) in [6, 6.07) is 12.3.